The number of hydrogen-bond donors (Lipinski definition) is 2. The third kappa shape index (κ3) is 3.72. The summed E-state index contributed by atoms with van der Waals surface area (Å²) in [7, 11) is -3.77. The van der Waals surface area contributed by atoms with Crippen LogP contribution < -0.4 is 4.72 Å². The lowest BCUT2D eigenvalue weighted by molar-refractivity contribution is 0.0522. The Balaban J connectivity index is 2.89. The molecule has 102 valence electrons. The number of hydrogen-bond acceptors (Lipinski definition) is 6. The minimum atomic E-state index is -3.77. The van der Waals surface area contributed by atoms with Crippen molar-refractivity contribution in [1.82, 2.24) is 14.9 Å². The number of esters is 1. The van der Waals surface area contributed by atoms with Crippen molar-refractivity contribution >= 4 is 27.8 Å². The van der Waals surface area contributed by atoms with Gasteiger partial charge in [0.25, 0.3) is 10.0 Å². The summed E-state index contributed by atoms with van der Waals surface area (Å²) in [5, 5.41) is 5.61. The Morgan fingerprint density at radius 2 is 2.33 bits per heavy atom. The van der Waals surface area contributed by atoms with Crippen molar-refractivity contribution in [1.29, 1.82) is 0 Å². The minimum absolute atomic E-state index is 0.0894. The van der Waals surface area contributed by atoms with Crippen LogP contribution in [0.25, 0.3) is 0 Å². The number of carbonyl (C=O) groups is 1. The van der Waals surface area contributed by atoms with Crippen LogP contribution >= 0.6 is 11.8 Å². The Kier molecular flexibility index (Phi) is 5.63. The molecule has 0 aliphatic rings. The number of sulfonamides is 1. The minimum Gasteiger partial charge on any atom is -0.462 e. The Morgan fingerprint density at radius 1 is 1.61 bits per heavy atom. The Morgan fingerprint density at radius 3 is 2.94 bits per heavy atom. The lowest BCUT2D eigenvalue weighted by atomic mass is 10.4. The maximum atomic E-state index is 11.9. The lowest BCUT2D eigenvalue weighted by Crippen LogP contribution is -2.28. The predicted molar refractivity (Wildman–Crippen MR) is 68.1 cm³/mol. The molecule has 0 saturated carbocycles. The molecule has 0 spiro atoms. The van der Waals surface area contributed by atoms with Crippen LogP contribution in [-0.2, 0) is 14.8 Å². The Hall–Kier alpha value is -1.06. The van der Waals surface area contributed by atoms with E-state index < -0.39 is 16.0 Å². The smallest absolute Gasteiger partial charge is 0.342 e. The van der Waals surface area contributed by atoms with Crippen molar-refractivity contribution in [3.05, 3.63) is 11.8 Å². The number of nitrogens with one attached hydrogen (secondary N) is 2. The van der Waals surface area contributed by atoms with Gasteiger partial charge in [0.1, 0.15) is 5.56 Å². The average Bonchev–Trinajstić information content (AvgIpc) is 2.79. The van der Waals surface area contributed by atoms with E-state index in [2.05, 4.69) is 14.9 Å². The highest BCUT2D eigenvalue weighted by atomic mass is 32.2. The lowest BCUT2D eigenvalue weighted by Gasteiger charge is -2.05. The first-order chi connectivity index (χ1) is 8.53. The first kappa shape index (κ1) is 15.0. The summed E-state index contributed by atoms with van der Waals surface area (Å²) in [6, 6.07) is 0. The van der Waals surface area contributed by atoms with Crippen molar-refractivity contribution in [2.24, 2.45) is 0 Å². The van der Waals surface area contributed by atoms with Gasteiger partial charge in [-0.05, 0) is 13.2 Å². The second-order valence-electron chi connectivity index (χ2n) is 3.22. The number of aromatic nitrogens is 2. The molecule has 18 heavy (non-hydrogen) atoms. The zero-order valence-corrected chi connectivity index (χ0v) is 11.7. The highest BCUT2D eigenvalue weighted by molar-refractivity contribution is 7.98. The van der Waals surface area contributed by atoms with E-state index in [4.69, 9.17) is 4.74 Å². The third-order valence-corrected chi connectivity index (χ3v) is 4.01. The van der Waals surface area contributed by atoms with E-state index in [0.29, 0.717) is 5.75 Å². The highest BCUT2D eigenvalue weighted by Crippen LogP contribution is 2.12. The summed E-state index contributed by atoms with van der Waals surface area (Å²) in [4.78, 5) is 11.5. The summed E-state index contributed by atoms with van der Waals surface area (Å²) in [5.74, 6) is -0.0706. The van der Waals surface area contributed by atoms with Gasteiger partial charge in [-0.2, -0.15) is 16.9 Å². The van der Waals surface area contributed by atoms with Gasteiger partial charge in [-0.25, -0.2) is 17.9 Å². The normalized spacial score (nSPS) is 11.4. The van der Waals surface area contributed by atoms with Crippen molar-refractivity contribution in [3.63, 3.8) is 0 Å². The fraction of sp³-hybridized carbons (Fsp3) is 0.556. The van der Waals surface area contributed by atoms with E-state index in [1.165, 1.54) is 11.8 Å². The quantitative estimate of drug-likeness (QED) is 0.551. The molecular formula is C9H15N3O4S2. The molecule has 1 heterocycles. The monoisotopic (exact) mass is 293 g/mol. The summed E-state index contributed by atoms with van der Waals surface area (Å²) in [6.45, 7) is 2.09. The molecule has 0 aliphatic heterocycles. The van der Waals surface area contributed by atoms with Gasteiger partial charge in [-0.15, -0.1) is 0 Å². The van der Waals surface area contributed by atoms with Gasteiger partial charge in [0.15, 0.2) is 5.03 Å². The van der Waals surface area contributed by atoms with Gasteiger partial charge in [0.2, 0.25) is 0 Å². The fourth-order valence-corrected chi connectivity index (χ4v) is 2.73. The maximum absolute atomic E-state index is 11.9. The average molecular weight is 293 g/mol. The molecule has 9 heteroatoms. The summed E-state index contributed by atoms with van der Waals surface area (Å²) in [5.41, 5.74) is -0.0894. The number of ether oxygens (including phenoxy) is 1. The molecule has 2 N–H and O–H groups in total. The van der Waals surface area contributed by atoms with Crippen LogP contribution in [-0.4, -0.2) is 49.7 Å². The van der Waals surface area contributed by atoms with Crippen LogP contribution in [0.3, 0.4) is 0 Å². The van der Waals surface area contributed by atoms with E-state index in [1.807, 2.05) is 6.26 Å². The molecule has 1 aromatic rings. The molecule has 0 radical (unpaired) electrons. The number of nitrogens with zero attached hydrogens (tertiary/aromatic N) is 1. The van der Waals surface area contributed by atoms with Crippen molar-refractivity contribution in [2.75, 3.05) is 25.2 Å². The van der Waals surface area contributed by atoms with Gasteiger partial charge in [-0.3, -0.25) is 5.10 Å². The first-order valence-corrected chi connectivity index (χ1v) is 8.09. The molecule has 0 aliphatic carbocycles. The van der Waals surface area contributed by atoms with Crippen LogP contribution in [0.15, 0.2) is 11.2 Å². The van der Waals surface area contributed by atoms with Crippen molar-refractivity contribution < 1.29 is 17.9 Å². The van der Waals surface area contributed by atoms with Gasteiger partial charge in [0, 0.05) is 12.3 Å². The van der Waals surface area contributed by atoms with Gasteiger partial charge >= 0.3 is 5.97 Å². The molecule has 0 fully saturated rings. The molecule has 7 nitrogen and oxygen atoms in total. The van der Waals surface area contributed by atoms with Crippen molar-refractivity contribution in [2.45, 2.75) is 11.9 Å². The largest absolute Gasteiger partial charge is 0.462 e. The number of H-pyrrole nitrogens is 1. The molecule has 0 unspecified atom stereocenters. The SMILES string of the molecule is CCOC(=O)c1cn[nH]c1S(=O)(=O)NCCSC. The standard InChI is InChI=1S/C9H15N3O4S2/c1-3-16-9(13)7-6-10-12-8(7)18(14,15)11-4-5-17-2/h6,11H,3-5H2,1-2H3,(H,10,12). The van der Waals surface area contributed by atoms with E-state index in [-0.39, 0.29) is 23.7 Å². The summed E-state index contributed by atoms with van der Waals surface area (Å²) < 4.78 is 30.9. The van der Waals surface area contributed by atoms with Crippen molar-refractivity contribution in [3.8, 4) is 0 Å². The number of aromatic amines is 1. The zero-order valence-electron chi connectivity index (χ0n) is 10.1. The Labute approximate surface area is 110 Å². The van der Waals surface area contributed by atoms with Crippen LogP contribution in [0.4, 0.5) is 0 Å². The van der Waals surface area contributed by atoms with Crippen LogP contribution in [0.2, 0.25) is 0 Å². The Bertz CT molecular complexity index is 498. The zero-order chi connectivity index (χ0) is 13.6. The fourth-order valence-electron chi connectivity index (χ4n) is 1.18. The highest BCUT2D eigenvalue weighted by Gasteiger charge is 2.25. The van der Waals surface area contributed by atoms with Gasteiger partial charge in [-0.1, -0.05) is 0 Å². The molecule has 0 atom stereocenters. The molecular weight excluding hydrogens is 278 g/mol. The van der Waals surface area contributed by atoms with E-state index in [0.717, 1.165) is 6.20 Å². The molecule has 1 rings (SSSR count). The molecule has 0 aromatic carbocycles. The van der Waals surface area contributed by atoms with Gasteiger partial charge in [0.05, 0.1) is 12.8 Å². The number of rotatable bonds is 7. The molecule has 0 bridgehead atoms. The number of carbonyl (C=O) groups excluding carboxylic acids is 1. The van der Waals surface area contributed by atoms with E-state index in [1.54, 1.807) is 6.92 Å². The summed E-state index contributed by atoms with van der Waals surface area (Å²) >= 11 is 1.51. The molecule has 0 amide bonds. The van der Waals surface area contributed by atoms with E-state index >= 15 is 0 Å². The third-order valence-electron chi connectivity index (χ3n) is 1.97. The molecule has 0 saturated heterocycles. The summed E-state index contributed by atoms with van der Waals surface area (Å²) in [6.07, 6.45) is 3.01. The van der Waals surface area contributed by atoms with Crippen LogP contribution in [0, 0.1) is 0 Å². The number of thioether (sulfide) groups is 1. The van der Waals surface area contributed by atoms with Crippen LogP contribution in [0.5, 0.6) is 0 Å². The van der Waals surface area contributed by atoms with Crippen LogP contribution in [0.1, 0.15) is 17.3 Å². The predicted octanol–water partition coefficient (Wildman–Crippen LogP) is 0.228. The van der Waals surface area contributed by atoms with E-state index in [9.17, 15) is 13.2 Å². The topological polar surface area (TPSA) is 101 Å². The maximum Gasteiger partial charge on any atom is 0.342 e. The molecule has 1 aromatic heterocycles. The van der Waals surface area contributed by atoms with Gasteiger partial charge < -0.3 is 4.74 Å². The second-order valence-corrected chi connectivity index (χ2v) is 5.91. The first-order valence-electron chi connectivity index (χ1n) is 5.22. The second kappa shape index (κ2) is 6.76.